The summed E-state index contributed by atoms with van der Waals surface area (Å²) in [7, 11) is -4.34. The molecule has 0 unspecified atom stereocenters. The molecule has 4 nitrogen and oxygen atoms in total. The molecule has 0 N–H and O–H groups in total. The van der Waals surface area contributed by atoms with Gasteiger partial charge in [0.1, 0.15) is 5.76 Å². The molecular formula is C17H12F2IO4S+. The first-order valence-electron chi connectivity index (χ1n) is 6.94. The summed E-state index contributed by atoms with van der Waals surface area (Å²) in [4.78, 5) is 0. The first-order valence-corrected chi connectivity index (χ1v) is 11.4. The summed E-state index contributed by atoms with van der Waals surface area (Å²) in [6.45, 7) is 3.48. The van der Waals surface area contributed by atoms with E-state index in [0.29, 0.717) is 0 Å². The molecule has 2 radical (unpaired) electrons. The molecule has 0 bridgehead atoms. The number of halogens is 3. The van der Waals surface area contributed by atoms with Crippen LogP contribution in [0.3, 0.4) is 0 Å². The van der Waals surface area contributed by atoms with Crippen molar-refractivity contribution in [3.63, 3.8) is 0 Å². The van der Waals surface area contributed by atoms with Crippen LogP contribution >= 0.6 is 0 Å². The van der Waals surface area contributed by atoms with Crippen LogP contribution in [0.5, 0.6) is 0 Å². The molecule has 0 saturated heterocycles. The van der Waals surface area contributed by atoms with Crippen LogP contribution in [0.2, 0.25) is 0 Å². The number of hydrogen-bond donors (Lipinski definition) is 0. The third-order valence-electron chi connectivity index (χ3n) is 3.05. The maximum Gasteiger partial charge on any atom is 0.369 e. The van der Waals surface area contributed by atoms with Crippen LogP contribution in [0.4, 0.5) is 8.78 Å². The van der Waals surface area contributed by atoms with E-state index in [1.807, 2.05) is 0 Å². The van der Waals surface area contributed by atoms with Gasteiger partial charge in [0.15, 0.2) is 11.6 Å². The summed E-state index contributed by atoms with van der Waals surface area (Å²) in [6.07, 6.45) is 0. The topological polar surface area (TPSA) is 56.5 Å². The van der Waals surface area contributed by atoms with Gasteiger partial charge in [0.05, 0.1) is 0 Å². The van der Waals surface area contributed by atoms with E-state index >= 15 is 0 Å². The largest absolute Gasteiger partial charge is 0.447 e. The van der Waals surface area contributed by atoms with Crippen molar-refractivity contribution in [2.45, 2.75) is 5.09 Å². The summed E-state index contributed by atoms with van der Waals surface area (Å²) in [6, 6.07) is 13.7. The number of rotatable bonds is 5. The highest BCUT2D eigenvalue weighted by Gasteiger charge is 2.42. The van der Waals surface area contributed by atoms with Crippen LogP contribution in [0.15, 0.2) is 70.2 Å². The number of benzene rings is 2. The molecule has 0 atom stereocenters. The molecule has 130 valence electrons. The van der Waals surface area contributed by atoms with Crippen molar-refractivity contribution >= 4 is 10.1 Å². The minimum atomic E-state index is -4.34. The second kappa shape index (κ2) is 7.22. The molecule has 1 aromatic heterocycles. The lowest BCUT2D eigenvalue weighted by Crippen LogP contribution is -3.86. The zero-order chi connectivity index (χ0) is 18.0. The van der Waals surface area contributed by atoms with Crippen molar-refractivity contribution in [3.8, 4) is 0 Å². The Morgan fingerprint density at radius 3 is 1.84 bits per heavy atom. The summed E-state index contributed by atoms with van der Waals surface area (Å²) in [5.74, 6) is -1.16. The van der Waals surface area contributed by atoms with Crippen LogP contribution in [-0.2, 0) is 12.6 Å². The minimum absolute atomic E-state index is 0.0433. The van der Waals surface area contributed by atoms with Crippen LogP contribution in [0, 0.1) is 25.7 Å². The Morgan fingerprint density at radius 1 is 0.880 bits per heavy atom. The van der Waals surface area contributed by atoms with E-state index in [4.69, 9.17) is 6.93 Å². The molecule has 0 spiro atoms. The van der Waals surface area contributed by atoms with E-state index in [0.717, 1.165) is 0 Å². The Morgan fingerprint density at radius 2 is 1.40 bits per heavy atom. The predicted molar refractivity (Wildman–Crippen MR) is 81.6 cm³/mol. The highest BCUT2D eigenvalue weighted by molar-refractivity contribution is 7.86. The average Bonchev–Trinajstić information content (AvgIpc) is 3.02. The molecule has 25 heavy (non-hydrogen) atoms. The smallest absolute Gasteiger partial charge is 0.369 e. The van der Waals surface area contributed by atoms with E-state index in [1.54, 1.807) is 12.1 Å². The Balaban J connectivity index is 2.09. The van der Waals surface area contributed by atoms with Crippen molar-refractivity contribution in [2.75, 3.05) is 0 Å². The van der Waals surface area contributed by atoms with Crippen molar-refractivity contribution in [1.82, 2.24) is 0 Å². The van der Waals surface area contributed by atoms with Crippen molar-refractivity contribution in [1.29, 1.82) is 0 Å². The fourth-order valence-corrected chi connectivity index (χ4v) is 8.85. The lowest BCUT2D eigenvalue weighted by Gasteiger charge is -2.06. The Bertz CT molecular complexity index is 956. The molecule has 0 amide bonds. The van der Waals surface area contributed by atoms with Gasteiger partial charge in [0.25, 0.3) is 0 Å². The quantitative estimate of drug-likeness (QED) is 0.509. The van der Waals surface area contributed by atoms with Crippen molar-refractivity contribution in [3.05, 3.63) is 92.1 Å². The monoisotopic (exact) mass is 477 g/mol. The molecule has 1 heterocycles. The molecule has 3 aromatic rings. The van der Waals surface area contributed by atoms with Gasteiger partial charge in [0, 0.05) is 6.92 Å². The van der Waals surface area contributed by atoms with Gasteiger partial charge in [0.2, 0.25) is 12.2 Å². The minimum Gasteiger partial charge on any atom is -0.447 e. The standard InChI is InChI=1S/C17H12F2IO4S/c1-12-10-11-17(23-12)25(21,22)24-20(15-8-4-2-6-13(15)18)16-9-5-3-7-14(16)19/h2-11H,1H2/q+1. The Kier molecular flexibility index (Phi) is 5.21. The molecule has 0 saturated carbocycles. The van der Waals surface area contributed by atoms with Gasteiger partial charge < -0.3 is 4.42 Å². The zero-order valence-corrected chi connectivity index (χ0v) is 15.6. The predicted octanol–water partition coefficient (Wildman–Crippen LogP) is 0.725. The van der Waals surface area contributed by atoms with Crippen LogP contribution in [-0.4, -0.2) is 8.42 Å². The van der Waals surface area contributed by atoms with E-state index < -0.39 is 47.1 Å². The van der Waals surface area contributed by atoms with Gasteiger partial charge in [-0.05, 0) is 38.9 Å². The maximum absolute atomic E-state index is 14.2. The fourth-order valence-electron chi connectivity index (χ4n) is 1.94. The molecule has 0 aliphatic heterocycles. The van der Waals surface area contributed by atoms with Crippen LogP contribution < -0.4 is 20.2 Å². The maximum atomic E-state index is 14.2. The third-order valence-corrected chi connectivity index (χ3v) is 10.4. The van der Waals surface area contributed by atoms with E-state index in [9.17, 15) is 17.2 Å². The zero-order valence-electron chi connectivity index (χ0n) is 12.7. The van der Waals surface area contributed by atoms with Crippen molar-refractivity contribution < 1.29 is 44.4 Å². The average molecular weight is 477 g/mol. The fraction of sp³-hybridized carbons (Fsp3) is 0. The highest BCUT2D eigenvalue weighted by Crippen LogP contribution is 2.13. The van der Waals surface area contributed by atoms with Gasteiger partial charge in [-0.15, -0.1) is 0 Å². The van der Waals surface area contributed by atoms with Gasteiger partial charge in [-0.1, -0.05) is 24.3 Å². The van der Waals surface area contributed by atoms with Crippen LogP contribution in [0.1, 0.15) is 5.76 Å². The Hall–Kier alpha value is -1.78. The van der Waals surface area contributed by atoms with E-state index in [1.165, 1.54) is 48.5 Å². The molecule has 3 rings (SSSR count). The van der Waals surface area contributed by atoms with Gasteiger partial charge in [-0.2, -0.15) is 8.42 Å². The second-order valence-electron chi connectivity index (χ2n) is 4.81. The summed E-state index contributed by atoms with van der Waals surface area (Å²) in [5, 5.41) is -0.451. The number of hydrogen-bond acceptors (Lipinski definition) is 4. The first-order chi connectivity index (χ1) is 11.9. The normalized spacial score (nSPS) is 11.8. The first kappa shape index (κ1) is 18.0. The lowest BCUT2D eigenvalue weighted by atomic mass is 10.4. The SMILES string of the molecule is [CH2]c1ccc(S(=O)(=O)O[I+](c2ccccc2F)c2ccccc2F)o1. The summed E-state index contributed by atoms with van der Waals surface area (Å²) in [5.41, 5.74) is 0. The molecule has 8 heteroatoms. The molecule has 0 aliphatic rings. The van der Waals surface area contributed by atoms with E-state index in [2.05, 4.69) is 6.92 Å². The highest BCUT2D eigenvalue weighted by atomic mass is 127. The van der Waals surface area contributed by atoms with Crippen LogP contribution in [0.25, 0.3) is 0 Å². The van der Waals surface area contributed by atoms with Crippen molar-refractivity contribution in [2.24, 2.45) is 0 Å². The molecule has 2 aromatic carbocycles. The molecule has 0 fully saturated rings. The summed E-state index contributed by atoms with van der Waals surface area (Å²) < 4.78 is 63.8. The van der Waals surface area contributed by atoms with Gasteiger partial charge >= 0.3 is 30.4 Å². The molecular weight excluding hydrogens is 465 g/mol. The summed E-state index contributed by atoms with van der Waals surface area (Å²) >= 11 is -3.45. The Labute approximate surface area is 151 Å². The van der Waals surface area contributed by atoms with E-state index in [-0.39, 0.29) is 12.9 Å². The lowest BCUT2D eigenvalue weighted by molar-refractivity contribution is -1.03. The van der Waals surface area contributed by atoms with Gasteiger partial charge in [-0.25, -0.2) is 8.78 Å². The number of furan rings is 1. The second-order valence-corrected chi connectivity index (χ2v) is 11.1. The third kappa shape index (κ3) is 3.91. The molecule has 0 aliphatic carbocycles. The van der Waals surface area contributed by atoms with Gasteiger partial charge in [-0.3, -0.25) is 0 Å².